The minimum Gasteiger partial charge on any atom is -0.492 e. The Hall–Kier alpha value is -4.70. The number of anilines is 1. The number of benzene rings is 2. The largest absolute Gasteiger partial charge is 0.492 e. The van der Waals surface area contributed by atoms with Gasteiger partial charge in [0.15, 0.2) is 0 Å². The number of aromatic nitrogens is 2. The van der Waals surface area contributed by atoms with Crippen molar-refractivity contribution >= 4 is 52.4 Å². The van der Waals surface area contributed by atoms with E-state index in [0.717, 1.165) is 42.2 Å². The Kier molecular flexibility index (Phi) is 13.5. The normalized spacial score (nSPS) is 13.4. The number of nitriles is 2. The van der Waals surface area contributed by atoms with Crippen molar-refractivity contribution in [2.45, 2.75) is 55.5 Å². The predicted molar refractivity (Wildman–Crippen MR) is 203 cm³/mol. The van der Waals surface area contributed by atoms with E-state index in [0.29, 0.717) is 69.0 Å². The van der Waals surface area contributed by atoms with Gasteiger partial charge in [-0.3, -0.25) is 4.79 Å². The number of hydrogen-bond donors (Lipinski definition) is 3. The molecule has 52 heavy (non-hydrogen) atoms. The Balaban J connectivity index is 1.35. The molecule has 1 amide bonds. The smallest absolute Gasteiger partial charge is 0.326 e. The molecule has 1 aliphatic rings. The number of unbranched alkanes of at least 4 members (excludes halogenated alkanes) is 1. The molecule has 2 aromatic heterocycles. The first-order valence-corrected chi connectivity index (χ1v) is 19.1. The number of carbonyl (C=O) groups excluding carboxylic acids is 1. The van der Waals surface area contributed by atoms with E-state index < -0.39 is 24.0 Å². The van der Waals surface area contributed by atoms with Crippen molar-refractivity contribution in [3.05, 3.63) is 75.8 Å². The van der Waals surface area contributed by atoms with Crippen LogP contribution in [0.1, 0.15) is 49.4 Å². The molecule has 0 spiro atoms. The van der Waals surface area contributed by atoms with Crippen LogP contribution >= 0.6 is 34.7 Å². The summed E-state index contributed by atoms with van der Waals surface area (Å²) >= 11 is 8.98. The summed E-state index contributed by atoms with van der Waals surface area (Å²) in [5.74, 6) is -0.114. The molecular weight excluding hydrogens is 720 g/mol. The van der Waals surface area contributed by atoms with Gasteiger partial charge in [0.2, 0.25) is 5.91 Å². The van der Waals surface area contributed by atoms with Gasteiger partial charge < -0.3 is 31.1 Å². The second kappa shape index (κ2) is 18.2. The molecule has 270 valence electrons. The SMILES string of the molecule is C[C@@H](C(=O)O)N(CCOc1ccc(-c2c(C#N)c(SCc3csc(-c4ccc(Cl)cc4)n3)nc(N3CCC3)c2C#N)cc1)C(=O)[C@@H](N)CCCCN. The van der Waals surface area contributed by atoms with Gasteiger partial charge in [0, 0.05) is 40.4 Å². The maximum Gasteiger partial charge on any atom is 0.326 e. The maximum absolute atomic E-state index is 13.1. The van der Waals surface area contributed by atoms with Crippen molar-refractivity contribution < 1.29 is 19.4 Å². The van der Waals surface area contributed by atoms with Crippen LogP contribution in [0.25, 0.3) is 21.7 Å². The number of aliphatic carboxylic acids is 1. The Bertz CT molecular complexity index is 1960. The second-order valence-electron chi connectivity index (χ2n) is 12.2. The molecule has 1 fully saturated rings. The molecule has 0 unspecified atom stereocenters. The first-order chi connectivity index (χ1) is 25.1. The molecule has 2 atom stereocenters. The molecule has 1 saturated heterocycles. The fourth-order valence-corrected chi connectivity index (χ4v) is 7.54. The van der Waals surface area contributed by atoms with Gasteiger partial charge in [-0.1, -0.05) is 54.0 Å². The molecule has 3 heterocycles. The number of pyridine rings is 1. The third-order valence-corrected chi connectivity index (χ3v) is 10.9. The number of nitrogens with zero attached hydrogens (tertiary/aromatic N) is 6. The van der Waals surface area contributed by atoms with Crippen LogP contribution in [0.15, 0.2) is 58.9 Å². The zero-order valence-corrected chi connectivity index (χ0v) is 31.0. The molecule has 12 nitrogen and oxygen atoms in total. The molecule has 0 saturated carbocycles. The molecule has 15 heteroatoms. The van der Waals surface area contributed by atoms with Crippen molar-refractivity contribution in [3.63, 3.8) is 0 Å². The lowest BCUT2D eigenvalue weighted by atomic mass is 9.96. The fourth-order valence-electron chi connectivity index (χ4n) is 5.60. The lowest BCUT2D eigenvalue weighted by Gasteiger charge is -2.33. The Labute approximate surface area is 316 Å². The van der Waals surface area contributed by atoms with E-state index in [-0.39, 0.29) is 13.2 Å². The van der Waals surface area contributed by atoms with Crippen molar-refractivity contribution in [1.29, 1.82) is 10.5 Å². The molecule has 0 aliphatic carbocycles. The highest BCUT2D eigenvalue weighted by Gasteiger charge is 2.30. The van der Waals surface area contributed by atoms with Crippen LogP contribution in [0, 0.1) is 22.7 Å². The van der Waals surface area contributed by atoms with Crippen molar-refractivity contribution in [1.82, 2.24) is 14.9 Å². The highest BCUT2D eigenvalue weighted by atomic mass is 35.5. The van der Waals surface area contributed by atoms with Crippen molar-refractivity contribution in [3.8, 4) is 39.6 Å². The zero-order chi connectivity index (χ0) is 37.2. The summed E-state index contributed by atoms with van der Waals surface area (Å²) in [6.07, 6.45) is 2.77. The number of nitrogens with two attached hydrogens (primary N) is 2. The number of halogens is 1. The Morgan fingerprint density at radius 2 is 1.77 bits per heavy atom. The summed E-state index contributed by atoms with van der Waals surface area (Å²) in [5, 5.41) is 34.4. The van der Waals surface area contributed by atoms with Crippen LogP contribution < -0.4 is 21.1 Å². The first-order valence-electron chi connectivity index (χ1n) is 16.8. The molecule has 5 N–H and O–H groups in total. The fraction of sp³-hybridized carbons (Fsp3) is 0.351. The molecule has 5 rings (SSSR count). The highest BCUT2D eigenvalue weighted by Crippen LogP contribution is 2.40. The van der Waals surface area contributed by atoms with Crippen molar-refractivity contribution in [2.75, 3.05) is 37.7 Å². The minimum atomic E-state index is -1.14. The van der Waals surface area contributed by atoms with Crippen LogP contribution in [-0.2, 0) is 15.3 Å². The topological polar surface area (TPSA) is 195 Å². The molecule has 1 aliphatic heterocycles. The summed E-state index contributed by atoms with van der Waals surface area (Å²) < 4.78 is 5.93. The quantitative estimate of drug-likeness (QED) is 0.0852. The summed E-state index contributed by atoms with van der Waals surface area (Å²) in [6, 6.07) is 17.2. The van der Waals surface area contributed by atoms with E-state index in [2.05, 4.69) is 12.1 Å². The van der Waals surface area contributed by atoms with Gasteiger partial charge in [-0.2, -0.15) is 10.5 Å². The molecule has 0 radical (unpaired) electrons. The van der Waals surface area contributed by atoms with Gasteiger partial charge in [0.05, 0.1) is 23.8 Å². The summed E-state index contributed by atoms with van der Waals surface area (Å²) in [6.45, 7) is 3.49. The van der Waals surface area contributed by atoms with Crippen LogP contribution in [0.2, 0.25) is 5.02 Å². The Morgan fingerprint density at radius 1 is 1.08 bits per heavy atom. The van der Waals surface area contributed by atoms with Crippen molar-refractivity contribution in [2.24, 2.45) is 11.5 Å². The van der Waals surface area contributed by atoms with E-state index in [9.17, 15) is 25.2 Å². The van der Waals surface area contributed by atoms with E-state index in [1.165, 1.54) is 34.9 Å². The van der Waals surface area contributed by atoms with Crippen LogP contribution in [-0.4, -0.2) is 76.7 Å². The monoisotopic (exact) mass is 758 g/mol. The van der Waals surface area contributed by atoms with Gasteiger partial charge in [0.1, 0.15) is 52.0 Å². The number of carbonyl (C=O) groups is 2. The lowest BCUT2D eigenvalue weighted by molar-refractivity contribution is -0.150. The number of thiazole rings is 1. The van der Waals surface area contributed by atoms with E-state index >= 15 is 0 Å². The van der Waals surface area contributed by atoms with Crippen LogP contribution in [0.4, 0.5) is 5.82 Å². The number of amides is 1. The zero-order valence-electron chi connectivity index (χ0n) is 28.6. The second-order valence-corrected chi connectivity index (χ2v) is 14.4. The lowest BCUT2D eigenvalue weighted by Crippen LogP contribution is -2.51. The highest BCUT2D eigenvalue weighted by molar-refractivity contribution is 7.98. The first kappa shape index (κ1) is 38.5. The van der Waals surface area contributed by atoms with Gasteiger partial charge in [-0.25, -0.2) is 14.8 Å². The third kappa shape index (κ3) is 9.20. The average molecular weight is 759 g/mol. The van der Waals surface area contributed by atoms with Gasteiger partial charge in [0.25, 0.3) is 0 Å². The number of carboxylic acids is 1. The third-order valence-electron chi connectivity index (χ3n) is 8.66. The summed E-state index contributed by atoms with van der Waals surface area (Å²) in [5.41, 5.74) is 15.2. The van der Waals surface area contributed by atoms with Gasteiger partial charge in [-0.05, 0) is 62.6 Å². The van der Waals surface area contributed by atoms with E-state index in [4.69, 9.17) is 37.8 Å². The molecular formula is C37H39ClN8O4S2. The van der Waals surface area contributed by atoms with E-state index in [1.54, 1.807) is 24.3 Å². The molecule has 0 bridgehead atoms. The van der Waals surface area contributed by atoms with Crippen LogP contribution in [0.5, 0.6) is 5.75 Å². The van der Waals surface area contributed by atoms with E-state index in [1.807, 2.05) is 34.5 Å². The van der Waals surface area contributed by atoms with Gasteiger partial charge in [-0.15, -0.1) is 11.3 Å². The van der Waals surface area contributed by atoms with Gasteiger partial charge >= 0.3 is 5.97 Å². The summed E-state index contributed by atoms with van der Waals surface area (Å²) in [7, 11) is 0. The number of carboxylic acid groups (broad SMARTS) is 1. The summed E-state index contributed by atoms with van der Waals surface area (Å²) in [4.78, 5) is 37.7. The minimum absolute atomic E-state index is 0.0140. The average Bonchev–Trinajstić information content (AvgIpc) is 3.60. The number of ether oxygens (including phenoxy) is 1. The predicted octanol–water partition coefficient (Wildman–Crippen LogP) is 5.91. The number of thioether (sulfide) groups is 1. The maximum atomic E-state index is 13.1. The standard InChI is InChI=1S/C37H39ClN8O4S2/c1-23(37(48)49)46(36(47)31(42)5-2-3-14-39)17-18-50-28-12-8-24(9-13-28)32-29(19-40)33(45-15-4-16-45)44-35(30(32)20-41)52-22-27-21-51-34(43-27)25-6-10-26(38)11-7-25/h6-13,21,23,31H,2-5,14-18,22,39,42H2,1H3,(H,48,49)/t23-,31-/m0/s1. The Morgan fingerprint density at radius 3 is 2.38 bits per heavy atom. The van der Waals surface area contributed by atoms with Crippen LogP contribution in [0.3, 0.4) is 0 Å². The number of rotatable bonds is 17. The number of hydrogen-bond acceptors (Lipinski definition) is 12. The molecule has 2 aromatic carbocycles. The molecule has 4 aromatic rings.